The fourth-order valence-corrected chi connectivity index (χ4v) is 4.46. The van der Waals surface area contributed by atoms with Gasteiger partial charge in [0, 0.05) is 29.0 Å². The van der Waals surface area contributed by atoms with E-state index in [2.05, 4.69) is 40.5 Å². The van der Waals surface area contributed by atoms with Crippen molar-refractivity contribution in [3.05, 3.63) is 53.6 Å². The van der Waals surface area contributed by atoms with Gasteiger partial charge >= 0.3 is 0 Å². The van der Waals surface area contributed by atoms with E-state index in [4.69, 9.17) is 0 Å². The van der Waals surface area contributed by atoms with Crippen molar-refractivity contribution in [3.63, 3.8) is 0 Å². The van der Waals surface area contributed by atoms with Crippen LogP contribution in [0.3, 0.4) is 0 Å². The largest absolute Gasteiger partial charge is 0.381 e. The Hall–Kier alpha value is -2.89. The highest BCUT2D eigenvalue weighted by atomic mass is 19.1. The minimum atomic E-state index is -0.332. The molecule has 4 rings (SSSR count). The van der Waals surface area contributed by atoms with Gasteiger partial charge in [-0.25, -0.2) is 9.37 Å². The first-order valence-electron chi connectivity index (χ1n) is 11.4. The zero-order valence-corrected chi connectivity index (χ0v) is 18.3. The number of H-pyrrole nitrogens is 1. The third kappa shape index (κ3) is 4.89. The molecular formula is C25H31FN4O. The molecule has 31 heavy (non-hydrogen) atoms. The highest BCUT2D eigenvalue weighted by Crippen LogP contribution is 2.33. The number of nitrogens with one attached hydrogen (secondary N) is 3. The normalized spacial score (nSPS) is 15.7. The number of rotatable bonds is 7. The lowest BCUT2D eigenvalue weighted by molar-refractivity contribution is 0.102. The van der Waals surface area contributed by atoms with Gasteiger partial charge in [0.05, 0.1) is 11.3 Å². The molecule has 6 heteroatoms. The highest BCUT2D eigenvalue weighted by Gasteiger charge is 2.22. The van der Waals surface area contributed by atoms with Crippen LogP contribution < -0.4 is 10.6 Å². The van der Waals surface area contributed by atoms with Gasteiger partial charge in [-0.3, -0.25) is 4.79 Å². The number of aromatic amines is 1. The molecule has 0 spiro atoms. The van der Waals surface area contributed by atoms with Crippen LogP contribution in [0.5, 0.6) is 0 Å². The second-order valence-electron chi connectivity index (χ2n) is 8.66. The minimum absolute atomic E-state index is 0.247. The molecule has 1 unspecified atom stereocenters. The summed E-state index contributed by atoms with van der Waals surface area (Å²) in [6.07, 6.45) is 9.73. The van der Waals surface area contributed by atoms with E-state index in [0.717, 1.165) is 48.1 Å². The number of halogens is 1. The maximum absolute atomic E-state index is 13.2. The summed E-state index contributed by atoms with van der Waals surface area (Å²) in [6.45, 7) is 4.40. The molecule has 1 aliphatic rings. The van der Waals surface area contributed by atoms with Crippen molar-refractivity contribution in [2.75, 3.05) is 10.6 Å². The Kier molecular flexibility index (Phi) is 6.54. The van der Waals surface area contributed by atoms with Gasteiger partial charge in [-0.2, -0.15) is 0 Å². The first-order valence-corrected chi connectivity index (χ1v) is 11.4. The monoisotopic (exact) mass is 422 g/mol. The molecule has 1 atom stereocenters. The van der Waals surface area contributed by atoms with Gasteiger partial charge in [0.2, 0.25) is 0 Å². The van der Waals surface area contributed by atoms with Gasteiger partial charge in [0.1, 0.15) is 11.5 Å². The molecule has 2 aromatic heterocycles. The summed E-state index contributed by atoms with van der Waals surface area (Å²) in [4.78, 5) is 21.2. The first-order chi connectivity index (χ1) is 15.0. The number of carbonyl (C=O) groups excluding carboxylic acids is 1. The van der Waals surface area contributed by atoms with E-state index in [1.165, 1.54) is 31.4 Å². The standard InChI is InChI=1S/C25H31FN4O/c1-3-7-16(2)22-14-20-23(28-18-8-5-4-6-9-18)21(15-27-24(20)30-22)25(31)29-19-12-10-17(26)11-13-19/h10-16,18H,3-9H2,1-2H3,(H,29,31)(H2,27,28,30). The van der Waals surface area contributed by atoms with Crippen LogP contribution in [0.2, 0.25) is 0 Å². The average molecular weight is 423 g/mol. The average Bonchev–Trinajstić information content (AvgIpc) is 3.21. The topological polar surface area (TPSA) is 69.8 Å². The maximum atomic E-state index is 13.2. The molecule has 1 amide bonds. The summed E-state index contributed by atoms with van der Waals surface area (Å²) in [5, 5.41) is 7.51. The second kappa shape index (κ2) is 9.50. The summed E-state index contributed by atoms with van der Waals surface area (Å²) in [5.41, 5.74) is 3.85. The molecule has 1 saturated carbocycles. The number of pyridine rings is 1. The molecule has 0 bridgehead atoms. The molecule has 0 aliphatic heterocycles. The van der Waals surface area contributed by atoms with Gasteiger partial charge in [-0.1, -0.05) is 39.5 Å². The zero-order chi connectivity index (χ0) is 21.8. The Morgan fingerprint density at radius 3 is 2.68 bits per heavy atom. The number of aromatic nitrogens is 2. The van der Waals surface area contributed by atoms with Crippen molar-refractivity contribution in [2.24, 2.45) is 0 Å². The summed E-state index contributed by atoms with van der Waals surface area (Å²) in [7, 11) is 0. The van der Waals surface area contributed by atoms with Crippen LogP contribution in [-0.2, 0) is 0 Å². The van der Waals surface area contributed by atoms with E-state index >= 15 is 0 Å². The Morgan fingerprint density at radius 2 is 1.97 bits per heavy atom. The lowest BCUT2D eigenvalue weighted by Crippen LogP contribution is -2.24. The van der Waals surface area contributed by atoms with E-state index in [-0.39, 0.29) is 11.7 Å². The Bertz CT molecular complexity index is 1040. The zero-order valence-electron chi connectivity index (χ0n) is 18.3. The minimum Gasteiger partial charge on any atom is -0.381 e. The molecule has 0 radical (unpaired) electrons. The number of nitrogens with zero attached hydrogens (tertiary/aromatic N) is 1. The van der Waals surface area contributed by atoms with E-state index in [0.29, 0.717) is 23.2 Å². The van der Waals surface area contributed by atoms with Crippen LogP contribution in [0.1, 0.15) is 80.8 Å². The predicted molar refractivity (Wildman–Crippen MR) is 124 cm³/mol. The molecular weight excluding hydrogens is 391 g/mol. The van der Waals surface area contributed by atoms with Crippen LogP contribution in [0.15, 0.2) is 36.5 Å². The third-order valence-corrected chi connectivity index (χ3v) is 6.23. The van der Waals surface area contributed by atoms with Crippen LogP contribution in [0.4, 0.5) is 15.8 Å². The number of carbonyl (C=O) groups is 1. The van der Waals surface area contributed by atoms with Crippen molar-refractivity contribution in [2.45, 2.75) is 70.8 Å². The van der Waals surface area contributed by atoms with Crippen LogP contribution in [0.25, 0.3) is 11.0 Å². The Morgan fingerprint density at radius 1 is 1.23 bits per heavy atom. The number of benzene rings is 1. The number of fused-ring (bicyclic) bond motifs is 1. The van der Waals surface area contributed by atoms with E-state index in [9.17, 15) is 9.18 Å². The summed E-state index contributed by atoms with van der Waals surface area (Å²) >= 11 is 0. The van der Waals surface area contributed by atoms with E-state index in [1.54, 1.807) is 18.3 Å². The van der Waals surface area contributed by atoms with Crippen molar-refractivity contribution >= 4 is 28.3 Å². The third-order valence-electron chi connectivity index (χ3n) is 6.23. The molecule has 2 heterocycles. The first kappa shape index (κ1) is 21.3. The van der Waals surface area contributed by atoms with Crippen LogP contribution in [-0.4, -0.2) is 21.9 Å². The summed E-state index contributed by atoms with van der Waals surface area (Å²) < 4.78 is 13.2. The van der Waals surface area contributed by atoms with Crippen molar-refractivity contribution in [3.8, 4) is 0 Å². The Balaban J connectivity index is 1.70. The summed E-state index contributed by atoms with van der Waals surface area (Å²) in [6, 6.07) is 8.30. The van der Waals surface area contributed by atoms with Crippen LogP contribution >= 0.6 is 0 Å². The van der Waals surface area contributed by atoms with Crippen molar-refractivity contribution in [1.29, 1.82) is 0 Å². The van der Waals surface area contributed by atoms with Gasteiger partial charge in [-0.05, 0) is 55.5 Å². The lowest BCUT2D eigenvalue weighted by atomic mass is 9.95. The highest BCUT2D eigenvalue weighted by molar-refractivity contribution is 6.12. The fraction of sp³-hybridized carbons (Fsp3) is 0.440. The number of hydrogen-bond donors (Lipinski definition) is 3. The van der Waals surface area contributed by atoms with Gasteiger partial charge < -0.3 is 15.6 Å². The lowest BCUT2D eigenvalue weighted by Gasteiger charge is -2.25. The number of anilines is 2. The Labute approximate surface area is 182 Å². The number of hydrogen-bond acceptors (Lipinski definition) is 3. The molecule has 1 aromatic carbocycles. The predicted octanol–water partition coefficient (Wildman–Crippen LogP) is 6.60. The quantitative estimate of drug-likeness (QED) is 0.402. The molecule has 0 saturated heterocycles. The molecule has 3 aromatic rings. The summed E-state index contributed by atoms with van der Waals surface area (Å²) in [5.74, 6) is -0.177. The maximum Gasteiger partial charge on any atom is 0.259 e. The van der Waals surface area contributed by atoms with Gasteiger partial charge in [0.25, 0.3) is 5.91 Å². The smallest absolute Gasteiger partial charge is 0.259 e. The van der Waals surface area contributed by atoms with Crippen molar-refractivity contribution in [1.82, 2.24) is 9.97 Å². The second-order valence-corrected chi connectivity index (χ2v) is 8.66. The van der Waals surface area contributed by atoms with Gasteiger partial charge in [0.15, 0.2) is 0 Å². The van der Waals surface area contributed by atoms with E-state index in [1.807, 2.05) is 0 Å². The fourth-order valence-electron chi connectivity index (χ4n) is 4.46. The van der Waals surface area contributed by atoms with Crippen LogP contribution in [0, 0.1) is 5.82 Å². The van der Waals surface area contributed by atoms with Gasteiger partial charge in [-0.15, -0.1) is 0 Å². The molecule has 1 aliphatic carbocycles. The van der Waals surface area contributed by atoms with E-state index < -0.39 is 0 Å². The molecule has 5 nitrogen and oxygen atoms in total. The number of amides is 1. The SMILES string of the molecule is CCCC(C)c1cc2c(NC3CCCCC3)c(C(=O)Nc3ccc(F)cc3)cnc2[nH]1. The van der Waals surface area contributed by atoms with Crippen molar-refractivity contribution < 1.29 is 9.18 Å². The molecule has 1 fully saturated rings. The molecule has 164 valence electrons. The molecule has 3 N–H and O–H groups in total.